The largest absolute Gasteiger partial charge is 0.357 e. The fourth-order valence-electron chi connectivity index (χ4n) is 3.86. The van der Waals surface area contributed by atoms with E-state index in [1.54, 1.807) is 5.51 Å². The van der Waals surface area contributed by atoms with Gasteiger partial charge in [0, 0.05) is 38.3 Å². The van der Waals surface area contributed by atoms with Crippen molar-refractivity contribution in [3.8, 4) is 0 Å². The van der Waals surface area contributed by atoms with Gasteiger partial charge in [-0.25, -0.2) is 4.98 Å². The van der Waals surface area contributed by atoms with Crippen molar-refractivity contribution in [3.05, 3.63) is 52.0 Å². The van der Waals surface area contributed by atoms with Crippen LogP contribution in [0.4, 0.5) is 0 Å². The number of aliphatic imine (C=N–C) groups is 1. The van der Waals surface area contributed by atoms with Crippen LogP contribution >= 0.6 is 11.3 Å². The summed E-state index contributed by atoms with van der Waals surface area (Å²) >= 11 is 1.37. The minimum Gasteiger partial charge on any atom is -0.357 e. The van der Waals surface area contributed by atoms with E-state index in [0.717, 1.165) is 44.1 Å². The number of carbonyl (C=O) groups is 1. The molecule has 8 heteroatoms. The lowest BCUT2D eigenvalue weighted by atomic mass is 9.97. The van der Waals surface area contributed by atoms with Crippen LogP contribution in [0.25, 0.3) is 0 Å². The van der Waals surface area contributed by atoms with E-state index in [1.807, 2.05) is 6.92 Å². The zero-order valence-electron chi connectivity index (χ0n) is 18.7. The molecule has 1 saturated heterocycles. The molecule has 1 aliphatic heterocycles. The molecule has 0 saturated carbocycles. The second-order valence-electron chi connectivity index (χ2n) is 7.95. The number of amides is 1. The summed E-state index contributed by atoms with van der Waals surface area (Å²) in [5.74, 6) is 0.743. The van der Waals surface area contributed by atoms with Crippen molar-refractivity contribution in [2.24, 2.45) is 4.99 Å². The van der Waals surface area contributed by atoms with Crippen molar-refractivity contribution >= 4 is 23.2 Å². The second-order valence-corrected chi connectivity index (χ2v) is 8.81. The number of aryl methyl sites for hydroxylation is 1. The summed E-state index contributed by atoms with van der Waals surface area (Å²) in [6, 6.07) is 11.6. The van der Waals surface area contributed by atoms with E-state index >= 15 is 0 Å². The molecule has 2 atom stereocenters. The normalized spacial score (nSPS) is 19.8. The van der Waals surface area contributed by atoms with Gasteiger partial charge in [0.2, 0.25) is 0 Å². The lowest BCUT2D eigenvalue weighted by Gasteiger charge is -2.38. The average Bonchev–Trinajstić information content (AvgIpc) is 3.20. The van der Waals surface area contributed by atoms with E-state index in [4.69, 9.17) is 0 Å². The summed E-state index contributed by atoms with van der Waals surface area (Å²) in [7, 11) is 0. The molecule has 168 valence electrons. The van der Waals surface area contributed by atoms with Gasteiger partial charge in [0.1, 0.15) is 4.88 Å². The number of nitrogens with one attached hydrogen (secondary N) is 3. The zero-order valence-corrected chi connectivity index (χ0v) is 19.5. The lowest BCUT2D eigenvalue weighted by molar-refractivity contribution is 0.0958. The molecule has 3 rings (SSSR count). The molecule has 7 nitrogen and oxygen atoms in total. The van der Waals surface area contributed by atoms with E-state index in [9.17, 15) is 4.79 Å². The van der Waals surface area contributed by atoms with Crippen LogP contribution in [0.1, 0.15) is 47.6 Å². The Morgan fingerprint density at radius 2 is 2.10 bits per heavy atom. The number of rotatable bonds is 8. The first-order valence-corrected chi connectivity index (χ1v) is 12.0. The molecule has 31 heavy (non-hydrogen) atoms. The van der Waals surface area contributed by atoms with Crippen molar-refractivity contribution < 1.29 is 4.79 Å². The van der Waals surface area contributed by atoms with Crippen molar-refractivity contribution in [1.82, 2.24) is 25.8 Å². The summed E-state index contributed by atoms with van der Waals surface area (Å²) in [6.07, 6.45) is 2.17. The Morgan fingerprint density at radius 3 is 2.77 bits per heavy atom. The summed E-state index contributed by atoms with van der Waals surface area (Å²) < 4.78 is 0. The number of likely N-dealkylation sites (tertiary alicyclic amines) is 1. The van der Waals surface area contributed by atoms with Gasteiger partial charge in [-0.1, -0.05) is 30.3 Å². The molecular formula is C23H34N6OS. The van der Waals surface area contributed by atoms with Gasteiger partial charge in [-0.15, -0.1) is 11.3 Å². The number of thiazole rings is 1. The third kappa shape index (κ3) is 7.04. The SMILES string of the molecule is CCNC(=NCCNC(=O)c1scnc1C)NC1CCN(Cc2ccccc2)C(C)C1. The number of hydrogen-bond donors (Lipinski definition) is 3. The summed E-state index contributed by atoms with van der Waals surface area (Å²) in [5.41, 5.74) is 3.84. The minimum absolute atomic E-state index is 0.0761. The van der Waals surface area contributed by atoms with Gasteiger partial charge in [-0.2, -0.15) is 0 Å². The highest BCUT2D eigenvalue weighted by atomic mass is 32.1. The first-order valence-electron chi connectivity index (χ1n) is 11.1. The molecule has 2 heterocycles. The van der Waals surface area contributed by atoms with Crippen LogP contribution in [0.3, 0.4) is 0 Å². The molecule has 2 unspecified atom stereocenters. The van der Waals surface area contributed by atoms with E-state index < -0.39 is 0 Å². The van der Waals surface area contributed by atoms with Crippen LogP contribution < -0.4 is 16.0 Å². The number of benzene rings is 1. The van der Waals surface area contributed by atoms with Crippen LogP contribution in [0.15, 0.2) is 40.8 Å². The molecule has 0 bridgehead atoms. The van der Waals surface area contributed by atoms with Crippen LogP contribution in [-0.2, 0) is 6.54 Å². The van der Waals surface area contributed by atoms with E-state index in [-0.39, 0.29) is 5.91 Å². The smallest absolute Gasteiger partial charge is 0.263 e. The van der Waals surface area contributed by atoms with Crippen molar-refractivity contribution in [3.63, 3.8) is 0 Å². The second kappa shape index (κ2) is 11.8. The molecule has 0 radical (unpaired) electrons. The topological polar surface area (TPSA) is 81.6 Å². The Bertz CT molecular complexity index is 853. The third-order valence-corrected chi connectivity index (χ3v) is 6.47. The Balaban J connectivity index is 1.45. The highest BCUT2D eigenvalue weighted by Crippen LogP contribution is 2.20. The lowest BCUT2D eigenvalue weighted by Crippen LogP contribution is -2.51. The average molecular weight is 443 g/mol. The first kappa shape index (κ1) is 23.2. The van der Waals surface area contributed by atoms with Gasteiger partial charge in [-0.3, -0.25) is 14.7 Å². The van der Waals surface area contributed by atoms with Crippen LogP contribution in [0, 0.1) is 6.92 Å². The summed E-state index contributed by atoms with van der Waals surface area (Å²) in [6.45, 7) is 10.1. The Morgan fingerprint density at radius 1 is 1.29 bits per heavy atom. The number of guanidine groups is 1. The molecular weight excluding hydrogens is 408 g/mol. The maximum atomic E-state index is 12.2. The standard InChI is InChI=1S/C23H34N6OS/c1-4-24-23(26-12-11-25-22(30)21-18(3)27-16-31-21)28-20-10-13-29(17(2)14-20)15-19-8-6-5-7-9-19/h5-9,16-17,20H,4,10-15H2,1-3H3,(H,25,30)(H2,24,26,28). The first-order chi connectivity index (χ1) is 15.1. The van der Waals surface area contributed by atoms with Crippen LogP contribution in [0.2, 0.25) is 0 Å². The van der Waals surface area contributed by atoms with Gasteiger partial charge >= 0.3 is 0 Å². The van der Waals surface area contributed by atoms with Gasteiger partial charge in [0.05, 0.1) is 17.7 Å². The predicted octanol–water partition coefficient (Wildman–Crippen LogP) is 2.79. The number of aromatic nitrogens is 1. The van der Waals surface area contributed by atoms with Crippen LogP contribution in [-0.4, -0.2) is 60.0 Å². The van der Waals surface area contributed by atoms with Crippen molar-refractivity contribution in [2.75, 3.05) is 26.2 Å². The Hall–Kier alpha value is -2.45. The molecule has 1 amide bonds. The monoisotopic (exact) mass is 442 g/mol. The minimum atomic E-state index is -0.0761. The quantitative estimate of drug-likeness (QED) is 0.333. The Kier molecular flexibility index (Phi) is 8.85. The molecule has 1 aromatic heterocycles. The maximum absolute atomic E-state index is 12.2. The van der Waals surface area contributed by atoms with Gasteiger partial charge in [0.25, 0.3) is 5.91 Å². The molecule has 1 aliphatic rings. The zero-order chi connectivity index (χ0) is 22.1. The van der Waals surface area contributed by atoms with Crippen LogP contribution in [0.5, 0.6) is 0 Å². The fraction of sp³-hybridized carbons (Fsp3) is 0.522. The summed E-state index contributed by atoms with van der Waals surface area (Å²) in [5, 5.41) is 9.84. The predicted molar refractivity (Wildman–Crippen MR) is 128 cm³/mol. The summed E-state index contributed by atoms with van der Waals surface area (Å²) in [4.78, 5) is 24.2. The maximum Gasteiger partial charge on any atom is 0.263 e. The van der Waals surface area contributed by atoms with E-state index in [0.29, 0.717) is 30.1 Å². The fourth-order valence-corrected chi connectivity index (χ4v) is 4.57. The van der Waals surface area contributed by atoms with Gasteiger partial charge < -0.3 is 16.0 Å². The molecule has 3 N–H and O–H groups in total. The van der Waals surface area contributed by atoms with Crippen molar-refractivity contribution in [1.29, 1.82) is 0 Å². The molecule has 1 fully saturated rings. The molecule has 0 spiro atoms. The number of hydrogen-bond acceptors (Lipinski definition) is 5. The van der Waals surface area contributed by atoms with E-state index in [1.165, 1.54) is 16.9 Å². The number of nitrogens with zero attached hydrogens (tertiary/aromatic N) is 3. The highest BCUT2D eigenvalue weighted by molar-refractivity contribution is 7.11. The van der Waals surface area contributed by atoms with E-state index in [2.05, 4.69) is 75.0 Å². The molecule has 1 aromatic carbocycles. The highest BCUT2D eigenvalue weighted by Gasteiger charge is 2.26. The van der Waals surface area contributed by atoms with Gasteiger partial charge in [0.15, 0.2) is 5.96 Å². The van der Waals surface area contributed by atoms with Gasteiger partial charge in [-0.05, 0) is 39.2 Å². The Labute approximate surface area is 189 Å². The number of piperidine rings is 1. The van der Waals surface area contributed by atoms with Crippen molar-refractivity contribution in [2.45, 2.75) is 52.2 Å². The molecule has 0 aliphatic carbocycles. The number of carbonyl (C=O) groups excluding carboxylic acids is 1. The molecule has 2 aromatic rings. The third-order valence-electron chi connectivity index (χ3n) is 5.55.